The minimum Gasteiger partial charge on any atom is -0.456 e. The number of fused-ring (bicyclic) bond motifs is 2. The van der Waals surface area contributed by atoms with Crippen molar-refractivity contribution in [3.8, 4) is 11.4 Å². The molecule has 0 unspecified atom stereocenters. The van der Waals surface area contributed by atoms with Crippen LogP contribution in [0.4, 0.5) is 5.69 Å². The number of rotatable bonds is 8. The Bertz CT molecular complexity index is 665. The summed E-state index contributed by atoms with van der Waals surface area (Å²) in [6, 6.07) is 0. The van der Waals surface area contributed by atoms with Crippen molar-refractivity contribution in [3.63, 3.8) is 0 Å². The van der Waals surface area contributed by atoms with E-state index in [1.165, 1.54) is 0 Å². The second-order valence-electron chi connectivity index (χ2n) is 5.99. The Hall–Kier alpha value is -2.11. The summed E-state index contributed by atoms with van der Waals surface area (Å²) in [5, 5.41) is 11.8. The van der Waals surface area contributed by atoms with Gasteiger partial charge in [0.25, 0.3) is 0 Å². The van der Waals surface area contributed by atoms with Gasteiger partial charge in [-0.3, -0.25) is 0 Å². The van der Waals surface area contributed by atoms with Crippen LogP contribution >= 0.6 is 0 Å². The number of unbranched alkanes of at least 4 members (excludes halogenated alkanes) is 3. The second-order valence-corrected chi connectivity index (χ2v) is 5.99. The molecule has 0 saturated carbocycles. The Morgan fingerprint density at radius 3 is 2.87 bits per heavy atom. The maximum atomic E-state index is 12.3. The first kappa shape index (κ1) is 15.8. The Kier molecular flexibility index (Phi) is 4.79. The fraction of sp³-hybridized carbons (Fsp3) is 0.588. The molecule has 0 aromatic heterocycles. The van der Waals surface area contributed by atoms with Crippen LogP contribution in [0.25, 0.3) is 11.4 Å². The summed E-state index contributed by atoms with van der Waals surface area (Å²) in [6.45, 7) is 6.33. The van der Waals surface area contributed by atoms with Gasteiger partial charge in [0.1, 0.15) is 12.2 Å². The normalized spacial score (nSPS) is 13.4. The zero-order valence-corrected chi connectivity index (χ0v) is 13.9. The van der Waals surface area contributed by atoms with Crippen molar-refractivity contribution in [1.82, 2.24) is 14.8 Å². The zero-order chi connectivity index (χ0) is 16.2. The number of nitrogens with zero attached hydrogens (tertiary/aromatic N) is 3. The van der Waals surface area contributed by atoms with Crippen LogP contribution in [0.1, 0.15) is 62.0 Å². The van der Waals surface area contributed by atoms with Gasteiger partial charge in [-0.2, -0.15) is 5.10 Å². The van der Waals surface area contributed by atoms with Crippen LogP contribution in [0.5, 0.6) is 0 Å². The number of aromatic nitrogens is 3. The maximum absolute atomic E-state index is 12.3. The Morgan fingerprint density at radius 1 is 1.26 bits per heavy atom. The number of nitrogens with one attached hydrogen (secondary N) is 1. The molecule has 0 amide bonds. The van der Waals surface area contributed by atoms with Gasteiger partial charge in [-0.15, -0.1) is 5.10 Å². The fourth-order valence-electron chi connectivity index (χ4n) is 3.08. The van der Waals surface area contributed by atoms with Gasteiger partial charge in [-0.1, -0.05) is 33.1 Å². The van der Waals surface area contributed by atoms with Gasteiger partial charge in [-0.05, 0) is 12.8 Å². The summed E-state index contributed by atoms with van der Waals surface area (Å²) >= 11 is 0. The molecular weight excluding hydrogens is 292 g/mol. The van der Waals surface area contributed by atoms with E-state index in [1.807, 2.05) is 0 Å². The number of hydrogen-bond donors (Lipinski definition) is 1. The Morgan fingerprint density at radius 2 is 2.09 bits per heavy atom. The molecule has 0 saturated heterocycles. The molecule has 0 atom stereocenters. The number of hydrogen-bond acceptors (Lipinski definition) is 5. The average Bonchev–Trinajstić information content (AvgIpc) is 3.17. The number of pyridine rings is 1. The lowest BCUT2D eigenvalue weighted by molar-refractivity contribution is 0.0532. The molecule has 0 aliphatic carbocycles. The van der Waals surface area contributed by atoms with Crippen LogP contribution in [-0.4, -0.2) is 27.3 Å². The zero-order valence-electron chi connectivity index (χ0n) is 13.9. The Labute approximate surface area is 136 Å². The van der Waals surface area contributed by atoms with Crippen LogP contribution in [0, 0.1) is 0 Å². The van der Waals surface area contributed by atoms with Crippen molar-refractivity contribution in [3.05, 3.63) is 17.5 Å². The average molecular weight is 316 g/mol. The molecule has 0 bridgehead atoms. The molecule has 0 aromatic rings. The van der Waals surface area contributed by atoms with E-state index in [1.54, 1.807) is 6.20 Å². The minimum atomic E-state index is -0.244. The highest BCUT2D eigenvalue weighted by atomic mass is 16.5. The molecule has 3 aliphatic heterocycles. The van der Waals surface area contributed by atoms with E-state index in [4.69, 9.17) is 4.74 Å². The van der Waals surface area contributed by atoms with Gasteiger partial charge in [0.2, 0.25) is 0 Å². The van der Waals surface area contributed by atoms with E-state index in [-0.39, 0.29) is 5.97 Å². The van der Waals surface area contributed by atoms with Gasteiger partial charge in [0.05, 0.1) is 23.1 Å². The van der Waals surface area contributed by atoms with Gasteiger partial charge < -0.3 is 14.6 Å². The fourth-order valence-corrected chi connectivity index (χ4v) is 3.08. The molecule has 3 aliphatic rings. The molecule has 23 heavy (non-hydrogen) atoms. The molecule has 6 heteroatoms. The lowest BCUT2D eigenvalue weighted by atomic mass is 10.1. The third kappa shape index (κ3) is 2.90. The van der Waals surface area contributed by atoms with Crippen LogP contribution in [0.2, 0.25) is 0 Å². The topological polar surface area (TPSA) is 69.0 Å². The largest absolute Gasteiger partial charge is 0.456 e. The van der Waals surface area contributed by atoms with Crippen molar-refractivity contribution in [2.24, 2.45) is 0 Å². The van der Waals surface area contributed by atoms with Crippen LogP contribution in [-0.2, 0) is 17.9 Å². The molecule has 3 heterocycles. The van der Waals surface area contributed by atoms with E-state index in [0.717, 1.165) is 68.0 Å². The van der Waals surface area contributed by atoms with Crippen LogP contribution < -0.4 is 5.32 Å². The SMILES string of the molecule is CCCCCn1c2nncc-2c(NCCCC)c2c1COC2=O. The molecule has 6 nitrogen and oxygen atoms in total. The van der Waals surface area contributed by atoms with Gasteiger partial charge >= 0.3 is 5.97 Å². The van der Waals surface area contributed by atoms with E-state index >= 15 is 0 Å². The first-order valence-electron chi connectivity index (χ1n) is 8.55. The third-order valence-corrected chi connectivity index (χ3v) is 4.33. The highest BCUT2D eigenvalue weighted by Crippen LogP contribution is 2.38. The number of carbonyl (C=O) groups is 1. The van der Waals surface area contributed by atoms with Gasteiger partial charge in [-0.25, -0.2) is 4.79 Å². The maximum Gasteiger partial charge on any atom is 0.342 e. The number of ether oxygens (including phenoxy) is 1. The second kappa shape index (κ2) is 6.98. The third-order valence-electron chi connectivity index (χ3n) is 4.33. The lowest BCUT2D eigenvalue weighted by Gasteiger charge is -2.19. The van der Waals surface area contributed by atoms with E-state index in [0.29, 0.717) is 12.2 Å². The lowest BCUT2D eigenvalue weighted by Crippen LogP contribution is -2.16. The van der Waals surface area contributed by atoms with E-state index in [2.05, 4.69) is 33.9 Å². The molecule has 124 valence electrons. The molecule has 1 N–H and O–H groups in total. The molecular formula is C17H24N4O2. The number of esters is 1. The molecule has 0 aromatic carbocycles. The van der Waals surface area contributed by atoms with Crippen molar-refractivity contribution in [2.75, 3.05) is 11.9 Å². The quantitative estimate of drug-likeness (QED) is 0.596. The summed E-state index contributed by atoms with van der Waals surface area (Å²) in [5.41, 5.74) is 3.34. The predicted molar refractivity (Wildman–Crippen MR) is 88.7 cm³/mol. The monoisotopic (exact) mass is 316 g/mol. The number of cyclic esters (lactones) is 1. The predicted octanol–water partition coefficient (Wildman–Crippen LogP) is 3.46. The van der Waals surface area contributed by atoms with Crippen molar-refractivity contribution < 1.29 is 9.53 Å². The van der Waals surface area contributed by atoms with Crippen LogP contribution in [0.15, 0.2) is 6.20 Å². The van der Waals surface area contributed by atoms with Crippen molar-refractivity contribution in [2.45, 2.75) is 59.1 Å². The first-order chi connectivity index (χ1) is 11.3. The summed E-state index contributed by atoms with van der Waals surface area (Å²) in [5.74, 6) is 0.600. The highest BCUT2D eigenvalue weighted by molar-refractivity contribution is 6.02. The van der Waals surface area contributed by atoms with Gasteiger partial charge in [0, 0.05) is 13.1 Å². The molecule has 0 fully saturated rings. The highest BCUT2D eigenvalue weighted by Gasteiger charge is 2.33. The van der Waals surface area contributed by atoms with Gasteiger partial charge in [0.15, 0.2) is 5.82 Å². The summed E-state index contributed by atoms with van der Waals surface area (Å²) in [4.78, 5) is 12.3. The number of carbonyl (C=O) groups excluding carboxylic acids is 1. The summed E-state index contributed by atoms with van der Waals surface area (Å²) in [6.07, 6.45) is 7.27. The summed E-state index contributed by atoms with van der Waals surface area (Å²) < 4.78 is 7.42. The van der Waals surface area contributed by atoms with Crippen molar-refractivity contribution >= 4 is 11.7 Å². The van der Waals surface area contributed by atoms with Crippen LogP contribution in [0.3, 0.4) is 0 Å². The molecule has 0 spiro atoms. The minimum absolute atomic E-state index is 0.244. The van der Waals surface area contributed by atoms with E-state index in [9.17, 15) is 4.79 Å². The molecule has 0 radical (unpaired) electrons. The smallest absolute Gasteiger partial charge is 0.342 e. The number of anilines is 1. The Balaban J connectivity index is 2.03. The van der Waals surface area contributed by atoms with Crippen molar-refractivity contribution in [1.29, 1.82) is 0 Å². The standard InChI is InChI=1S/C17H24N4O2/c1-3-5-7-9-21-13-11-23-17(22)14(13)15(18-8-6-4-2)12-10-19-20-16(12)21/h10,18H,3-9,11H2,1-2H3. The van der Waals surface area contributed by atoms with E-state index < -0.39 is 0 Å². The summed E-state index contributed by atoms with van der Waals surface area (Å²) in [7, 11) is 0. The first-order valence-corrected chi connectivity index (χ1v) is 8.55. The molecule has 3 rings (SSSR count).